The Balaban J connectivity index is 2.83. The third-order valence-corrected chi connectivity index (χ3v) is 2.68. The van der Waals surface area contributed by atoms with Crippen molar-refractivity contribution >= 4 is 11.6 Å². The molecule has 0 aliphatic carbocycles. The lowest BCUT2D eigenvalue weighted by Crippen LogP contribution is -2.15. The van der Waals surface area contributed by atoms with E-state index in [1.807, 2.05) is 18.2 Å². The van der Waals surface area contributed by atoms with Crippen molar-refractivity contribution in [1.82, 2.24) is 0 Å². The van der Waals surface area contributed by atoms with Gasteiger partial charge in [-0.15, -0.1) is 0 Å². The number of halogens is 1. The number of ether oxygens (including phenoxy) is 1. The SMILES string of the molecule is CCC(CC)Oc1ccc(Cl)cc1CN. The standard InChI is InChI=1S/C12H18ClNO/c1-3-11(4-2)15-12-6-5-10(13)7-9(12)8-14/h5-7,11H,3-4,8,14H2,1-2H3. The quantitative estimate of drug-likeness (QED) is 0.837. The van der Waals surface area contributed by atoms with Gasteiger partial charge < -0.3 is 10.5 Å². The van der Waals surface area contributed by atoms with Crippen molar-refractivity contribution in [3.05, 3.63) is 28.8 Å². The lowest BCUT2D eigenvalue weighted by atomic mass is 10.2. The van der Waals surface area contributed by atoms with Crippen LogP contribution in [0.25, 0.3) is 0 Å². The Morgan fingerprint density at radius 1 is 1.33 bits per heavy atom. The fraction of sp³-hybridized carbons (Fsp3) is 0.500. The number of hydrogen-bond donors (Lipinski definition) is 1. The number of rotatable bonds is 5. The highest BCUT2D eigenvalue weighted by molar-refractivity contribution is 6.30. The van der Waals surface area contributed by atoms with Gasteiger partial charge in [-0.05, 0) is 31.0 Å². The summed E-state index contributed by atoms with van der Waals surface area (Å²) in [5, 5.41) is 0.701. The van der Waals surface area contributed by atoms with E-state index >= 15 is 0 Å². The van der Waals surface area contributed by atoms with Crippen molar-refractivity contribution < 1.29 is 4.74 Å². The average Bonchev–Trinajstić information content (AvgIpc) is 2.27. The van der Waals surface area contributed by atoms with E-state index in [1.165, 1.54) is 0 Å². The summed E-state index contributed by atoms with van der Waals surface area (Å²) in [5.74, 6) is 0.857. The summed E-state index contributed by atoms with van der Waals surface area (Å²) >= 11 is 5.89. The average molecular weight is 228 g/mol. The second-order valence-corrected chi connectivity index (χ2v) is 3.95. The second kappa shape index (κ2) is 5.99. The zero-order chi connectivity index (χ0) is 11.3. The van der Waals surface area contributed by atoms with Crippen LogP contribution in [0.4, 0.5) is 0 Å². The van der Waals surface area contributed by atoms with E-state index in [1.54, 1.807) is 0 Å². The Morgan fingerprint density at radius 2 is 2.00 bits per heavy atom. The van der Waals surface area contributed by atoms with Crippen molar-refractivity contribution in [3.63, 3.8) is 0 Å². The van der Waals surface area contributed by atoms with E-state index in [-0.39, 0.29) is 6.10 Å². The molecule has 0 spiro atoms. The Bertz CT molecular complexity index is 310. The van der Waals surface area contributed by atoms with Gasteiger partial charge in [0.2, 0.25) is 0 Å². The topological polar surface area (TPSA) is 35.2 Å². The molecule has 0 amide bonds. The summed E-state index contributed by atoms with van der Waals surface area (Å²) < 4.78 is 5.85. The molecule has 0 heterocycles. The zero-order valence-electron chi connectivity index (χ0n) is 9.29. The van der Waals surface area contributed by atoms with Crippen LogP contribution in [0, 0.1) is 0 Å². The molecule has 0 bridgehead atoms. The van der Waals surface area contributed by atoms with Gasteiger partial charge in [0.1, 0.15) is 5.75 Å². The van der Waals surface area contributed by atoms with Gasteiger partial charge >= 0.3 is 0 Å². The normalized spacial score (nSPS) is 10.7. The minimum absolute atomic E-state index is 0.261. The molecule has 0 aliphatic heterocycles. The summed E-state index contributed by atoms with van der Waals surface area (Å²) in [6.07, 6.45) is 2.27. The maximum absolute atomic E-state index is 5.89. The van der Waals surface area contributed by atoms with Crippen molar-refractivity contribution in [3.8, 4) is 5.75 Å². The minimum atomic E-state index is 0.261. The first-order valence-electron chi connectivity index (χ1n) is 5.36. The van der Waals surface area contributed by atoms with E-state index in [2.05, 4.69) is 13.8 Å². The van der Waals surface area contributed by atoms with Crippen molar-refractivity contribution in [2.75, 3.05) is 0 Å². The largest absolute Gasteiger partial charge is 0.490 e. The van der Waals surface area contributed by atoms with Gasteiger partial charge in [0.15, 0.2) is 0 Å². The first-order valence-corrected chi connectivity index (χ1v) is 5.74. The molecule has 1 aromatic carbocycles. The lowest BCUT2D eigenvalue weighted by molar-refractivity contribution is 0.191. The number of nitrogens with two attached hydrogens (primary N) is 1. The first kappa shape index (κ1) is 12.3. The molecule has 3 heteroatoms. The molecule has 0 radical (unpaired) electrons. The van der Waals surface area contributed by atoms with Gasteiger partial charge in [-0.1, -0.05) is 25.4 Å². The van der Waals surface area contributed by atoms with Crippen LogP contribution in [0.15, 0.2) is 18.2 Å². The Hall–Kier alpha value is -0.730. The smallest absolute Gasteiger partial charge is 0.124 e. The molecule has 1 rings (SSSR count). The molecular formula is C12H18ClNO. The van der Waals surface area contributed by atoms with E-state index < -0.39 is 0 Å². The highest BCUT2D eigenvalue weighted by Gasteiger charge is 2.08. The van der Waals surface area contributed by atoms with Gasteiger partial charge in [-0.3, -0.25) is 0 Å². The molecule has 2 nitrogen and oxygen atoms in total. The minimum Gasteiger partial charge on any atom is -0.490 e. The van der Waals surface area contributed by atoms with Crippen molar-refractivity contribution in [1.29, 1.82) is 0 Å². The molecule has 1 aromatic rings. The Morgan fingerprint density at radius 3 is 2.53 bits per heavy atom. The van der Waals surface area contributed by atoms with Crippen LogP contribution in [0.2, 0.25) is 5.02 Å². The van der Waals surface area contributed by atoms with Crippen molar-refractivity contribution in [2.24, 2.45) is 5.73 Å². The van der Waals surface area contributed by atoms with Crippen LogP contribution in [0.5, 0.6) is 5.75 Å². The molecule has 0 aliphatic rings. The molecule has 84 valence electrons. The summed E-state index contributed by atoms with van der Waals surface area (Å²) in [5.41, 5.74) is 6.61. The third-order valence-electron chi connectivity index (χ3n) is 2.45. The molecule has 0 unspecified atom stereocenters. The van der Waals surface area contributed by atoms with Gasteiger partial charge in [0, 0.05) is 17.1 Å². The number of hydrogen-bond acceptors (Lipinski definition) is 2. The predicted octanol–water partition coefficient (Wildman–Crippen LogP) is 3.37. The van der Waals surface area contributed by atoms with Crippen LogP contribution in [-0.2, 0) is 6.54 Å². The van der Waals surface area contributed by atoms with Gasteiger partial charge in [0.25, 0.3) is 0 Å². The maximum atomic E-state index is 5.89. The Kier molecular flexibility index (Phi) is 4.92. The van der Waals surface area contributed by atoms with E-state index in [4.69, 9.17) is 22.1 Å². The predicted molar refractivity (Wildman–Crippen MR) is 64.3 cm³/mol. The molecule has 2 N–H and O–H groups in total. The Labute approximate surface area is 96.4 Å². The van der Waals surface area contributed by atoms with E-state index in [9.17, 15) is 0 Å². The zero-order valence-corrected chi connectivity index (χ0v) is 10.1. The van der Waals surface area contributed by atoms with Crippen molar-refractivity contribution in [2.45, 2.75) is 39.3 Å². The van der Waals surface area contributed by atoms with Gasteiger partial charge in [0.05, 0.1) is 6.10 Å². The molecule has 0 fully saturated rings. The van der Waals surface area contributed by atoms with Crippen LogP contribution in [0.1, 0.15) is 32.3 Å². The molecule has 0 saturated carbocycles. The summed E-state index contributed by atoms with van der Waals surface area (Å²) in [4.78, 5) is 0. The fourth-order valence-electron chi connectivity index (χ4n) is 1.46. The molecule has 15 heavy (non-hydrogen) atoms. The van der Waals surface area contributed by atoms with Gasteiger partial charge in [-0.25, -0.2) is 0 Å². The van der Waals surface area contributed by atoms with E-state index in [0.29, 0.717) is 11.6 Å². The molecule has 0 saturated heterocycles. The van der Waals surface area contributed by atoms with Crippen LogP contribution in [0.3, 0.4) is 0 Å². The summed E-state index contributed by atoms with van der Waals surface area (Å²) in [7, 11) is 0. The summed E-state index contributed by atoms with van der Waals surface area (Å²) in [6.45, 7) is 4.69. The molecule has 0 atom stereocenters. The maximum Gasteiger partial charge on any atom is 0.124 e. The highest BCUT2D eigenvalue weighted by Crippen LogP contribution is 2.24. The van der Waals surface area contributed by atoms with E-state index in [0.717, 1.165) is 24.2 Å². The van der Waals surface area contributed by atoms with Crippen LogP contribution >= 0.6 is 11.6 Å². The first-order chi connectivity index (χ1) is 7.21. The van der Waals surface area contributed by atoms with Gasteiger partial charge in [-0.2, -0.15) is 0 Å². The number of benzene rings is 1. The monoisotopic (exact) mass is 227 g/mol. The van der Waals surface area contributed by atoms with Crippen LogP contribution < -0.4 is 10.5 Å². The van der Waals surface area contributed by atoms with Crippen LogP contribution in [-0.4, -0.2) is 6.10 Å². The molecule has 0 aromatic heterocycles. The highest BCUT2D eigenvalue weighted by atomic mass is 35.5. The second-order valence-electron chi connectivity index (χ2n) is 3.51. The third kappa shape index (κ3) is 3.40. The molecular weight excluding hydrogens is 210 g/mol. The lowest BCUT2D eigenvalue weighted by Gasteiger charge is -2.18. The fourth-order valence-corrected chi connectivity index (χ4v) is 1.65. The summed E-state index contributed by atoms with van der Waals surface area (Å²) in [6, 6.07) is 5.58.